The lowest BCUT2D eigenvalue weighted by Crippen LogP contribution is -2.42. The van der Waals surface area contributed by atoms with Gasteiger partial charge in [0.25, 0.3) is 0 Å². The first-order chi connectivity index (χ1) is 8.72. The number of piperidine rings is 1. The van der Waals surface area contributed by atoms with Gasteiger partial charge in [-0.15, -0.1) is 0 Å². The minimum Gasteiger partial charge on any atom is -0.368 e. The van der Waals surface area contributed by atoms with Gasteiger partial charge in [0.2, 0.25) is 11.9 Å². The van der Waals surface area contributed by atoms with E-state index in [2.05, 4.69) is 15.3 Å². The van der Waals surface area contributed by atoms with Gasteiger partial charge < -0.3 is 16.0 Å². The number of hydrogen-bond donors (Lipinski definition) is 2. The fourth-order valence-electron chi connectivity index (χ4n) is 2.36. The molecule has 0 spiro atoms. The third kappa shape index (κ3) is 2.76. The summed E-state index contributed by atoms with van der Waals surface area (Å²) in [7, 11) is 1.78. The van der Waals surface area contributed by atoms with Crippen LogP contribution in [0, 0.1) is 0 Å². The molecule has 6 heteroatoms. The van der Waals surface area contributed by atoms with Crippen molar-refractivity contribution in [2.24, 2.45) is 0 Å². The fourth-order valence-corrected chi connectivity index (χ4v) is 2.36. The first kappa shape index (κ1) is 12.8. The van der Waals surface area contributed by atoms with Crippen LogP contribution in [0.4, 0.5) is 5.95 Å². The number of anilines is 1. The van der Waals surface area contributed by atoms with Crippen molar-refractivity contribution < 1.29 is 4.79 Å². The number of carbonyl (C=O) groups excluding carboxylic acids is 1. The lowest BCUT2D eigenvalue weighted by Gasteiger charge is -2.35. The Morgan fingerprint density at radius 2 is 2.44 bits per heavy atom. The quantitative estimate of drug-likeness (QED) is 0.806. The van der Waals surface area contributed by atoms with E-state index in [1.54, 1.807) is 13.2 Å². The van der Waals surface area contributed by atoms with Crippen molar-refractivity contribution in [1.82, 2.24) is 20.2 Å². The number of nitrogens with two attached hydrogens (primary N) is 1. The van der Waals surface area contributed by atoms with Gasteiger partial charge in [-0.2, -0.15) is 0 Å². The van der Waals surface area contributed by atoms with Crippen molar-refractivity contribution in [3.8, 4) is 0 Å². The maximum atomic E-state index is 12.1. The Labute approximate surface area is 107 Å². The topological polar surface area (TPSA) is 84.1 Å². The van der Waals surface area contributed by atoms with Crippen LogP contribution in [0.3, 0.4) is 0 Å². The minimum atomic E-state index is 0.0323. The molecule has 1 saturated heterocycles. The monoisotopic (exact) mass is 249 g/mol. The van der Waals surface area contributed by atoms with E-state index < -0.39 is 0 Å². The fraction of sp³-hybridized carbons (Fsp3) is 0.583. The molecule has 2 heterocycles. The molecule has 1 fully saturated rings. The van der Waals surface area contributed by atoms with Gasteiger partial charge in [-0.1, -0.05) is 0 Å². The number of aromatic nitrogens is 2. The predicted molar refractivity (Wildman–Crippen MR) is 68.7 cm³/mol. The molecule has 1 aromatic rings. The maximum absolute atomic E-state index is 12.1. The lowest BCUT2D eigenvalue weighted by atomic mass is 9.99. The average Bonchev–Trinajstić information content (AvgIpc) is 2.39. The van der Waals surface area contributed by atoms with Crippen LogP contribution in [0.15, 0.2) is 12.3 Å². The summed E-state index contributed by atoms with van der Waals surface area (Å²) in [5.41, 5.74) is 6.45. The summed E-state index contributed by atoms with van der Waals surface area (Å²) in [4.78, 5) is 22.1. The SMILES string of the molecule is CNCC(=O)N1CCCCC1c1ccnc(N)n1. The summed E-state index contributed by atoms with van der Waals surface area (Å²) in [6.45, 7) is 1.14. The summed E-state index contributed by atoms with van der Waals surface area (Å²) in [5.74, 6) is 0.374. The Balaban J connectivity index is 2.20. The lowest BCUT2D eigenvalue weighted by molar-refractivity contribution is -0.134. The van der Waals surface area contributed by atoms with Crippen molar-refractivity contribution in [3.05, 3.63) is 18.0 Å². The zero-order valence-corrected chi connectivity index (χ0v) is 10.6. The van der Waals surface area contributed by atoms with Crippen molar-refractivity contribution >= 4 is 11.9 Å². The van der Waals surface area contributed by atoms with Crippen molar-refractivity contribution in [3.63, 3.8) is 0 Å². The van der Waals surface area contributed by atoms with Crippen LogP contribution >= 0.6 is 0 Å². The second kappa shape index (κ2) is 5.77. The minimum absolute atomic E-state index is 0.0323. The van der Waals surface area contributed by atoms with Crippen LogP contribution in [0.2, 0.25) is 0 Å². The molecule has 2 rings (SSSR count). The van der Waals surface area contributed by atoms with E-state index in [-0.39, 0.29) is 17.9 Å². The normalized spacial score (nSPS) is 19.8. The Morgan fingerprint density at radius 1 is 1.61 bits per heavy atom. The number of likely N-dealkylation sites (N-methyl/N-ethyl adjacent to an activating group) is 1. The summed E-state index contributed by atoms with van der Waals surface area (Å²) in [6, 6.07) is 1.87. The van der Waals surface area contributed by atoms with Crippen molar-refractivity contribution in [2.75, 3.05) is 25.9 Å². The van der Waals surface area contributed by atoms with E-state index in [1.807, 2.05) is 11.0 Å². The molecule has 0 radical (unpaired) electrons. The van der Waals surface area contributed by atoms with E-state index in [1.165, 1.54) is 0 Å². The number of rotatable bonds is 3. The summed E-state index contributed by atoms with van der Waals surface area (Å²) in [6.07, 6.45) is 4.74. The van der Waals surface area contributed by atoms with Gasteiger partial charge in [0.05, 0.1) is 18.3 Å². The molecule has 1 atom stereocenters. The number of likely N-dealkylation sites (tertiary alicyclic amines) is 1. The summed E-state index contributed by atoms with van der Waals surface area (Å²) < 4.78 is 0. The van der Waals surface area contributed by atoms with Crippen LogP contribution in [-0.4, -0.2) is 40.9 Å². The second-order valence-corrected chi connectivity index (χ2v) is 4.47. The van der Waals surface area contributed by atoms with Crippen LogP contribution in [0.1, 0.15) is 31.0 Å². The molecule has 0 aliphatic carbocycles. The highest BCUT2D eigenvalue weighted by molar-refractivity contribution is 5.78. The Bertz CT molecular complexity index is 423. The van der Waals surface area contributed by atoms with Gasteiger partial charge in [-0.3, -0.25) is 4.79 Å². The molecule has 1 amide bonds. The van der Waals surface area contributed by atoms with E-state index in [0.717, 1.165) is 31.5 Å². The van der Waals surface area contributed by atoms with Crippen LogP contribution in [-0.2, 0) is 4.79 Å². The number of nitrogens with zero attached hydrogens (tertiary/aromatic N) is 3. The first-order valence-corrected chi connectivity index (χ1v) is 6.25. The number of hydrogen-bond acceptors (Lipinski definition) is 5. The molecular weight excluding hydrogens is 230 g/mol. The van der Waals surface area contributed by atoms with E-state index in [0.29, 0.717) is 6.54 Å². The number of nitrogen functional groups attached to an aromatic ring is 1. The molecule has 0 saturated carbocycles. The number of amides is 1. The Hall–Kier alpha value is -1.69. The predicted octanol–water partition coefficient (Wildman–Crippen LogP) is 0.332. The molecule has 6 nitrogen and oxygen atoms in total. The highest BCUT2D eigenvalue weighted by Gasteiger charge is 2.28. The van der Waals surface area contributed by atoms with E-state index >= 15 is 0 Å². The third-order valence-electron chi connectivity index (χ3n) is 3.19. The molecule has 1 unspecified atom stereocenters. The molecular formula is C12H19N5O. The Morgan fingerprint density at radius 3 is 3.17 bits per heavy atom. The number of carbonyl (C=O) groups is 1. The van der Waals surface area contributed by atoms with Gasteiger partial charge in [0.1, 0.15) is 0 Å². The maximum Gasteiger partial charge on any atom is 0.237 e. The van der Waals surface area contributed by atoms with Crippen LogP contribution in [0.25, 0.3) is 0 Å². The standard InChI is InChI=1S/C12H19N5O/c1-14-8-11(18)17-7-3-2-4-10(17)9-5-6-15-12(13)16-9/h5-6,10,14H,2-4,7-8H2,1H3,(H2,13,15,16). The molecule has 1 aliphatic rings. The van der Waals surface area contributed by atoms with Gasteiger partial charge in [-0.25, -0.2) is 9.97 Å². The van der Waals surface area contributed by atoms with Gasteiger partial charge in [-0.05, 0) is 32.4 Å². The first-order valence-electron chi connectivity index (χ1n) is 6.25. The number of nitrogens with one attached hydrogen (secondary N) is 1. The van der Waals surface area contributed by atoms with E-state index in [9.17, 15) is 4.79 Å². The molecule has 1 aliphatic heterocycles. The average molecular weight is 249 g/mol. The molecule has 0 aromatic carbocycles. The van der Waals surface area contributed by atoms with Gasteiger partial charge in [0, 0.05) is 12.7 Å². The van der Waals surface area contributed by atoms with Crippen molar-refractivity contribution in [1.29, 1.82) is 0 Å². The summed E-state index contributed by atoms with van der Waals surface area (Å²) >= 11 is 0. The van der Waals surface area contributed by atoms with Crippen molar-refractivity contribution in [2.45, 2.75) is 25.3 Å². The van der Waals surface area contributed by atoms with Crippen LogP contribution < -0.4 is 11.1 Å². The van der Waals surface area contributed by atoms with Gasteiger partial charge >= 0.3 is 0 Å². The van der Waals surface area contributed by atoms with Crippen LogP contribution in [0.5, 0.6) is 0 Å². The van der Waals surface area contributed by atoms with E-state index in [4.69, 9.17) is 5.73 Å². The molecule has 18 heavy (non-hydrogen) atoms. The smallest absolute Gasteiger partial charge is 0.237 e. The second-order valence-electron chi connectivity index (χ2n) is 4.47. The molecule has 98 valence electrons. The molecule has 0 bridgehead atoms. The highest BCUT2D eigenvalue weighted by Crippen LogP contribution is 2.29. The molecule has 1 aromatic heterocycles. The Kier molecular flexibility index (Phi) is 4.09. The molecule has 3 N–H and O–H groups in total. The third-order valence-corrected chi connectivity index (χ3v) is 3.19. The largest absolute Gasteiger partial charge is 0.368 e. The zero-order valence-electron chi connectivity index (χ0n) is 10.6. The summed E-state index contributed by atoms with van der Waals surface area (Å²) in [5, 5.41) is 2.90. The zero-order chi connectivity index (χ0) is 13.0. The highest BCUT2D eigenvalue weighted by atomic mass is 16.2. The van der Waals surface area contributed by atoms with Gasteiger partial charge in [0.15, 0.2) is 0 Å².